The summed E-state index contributed by atoms with van der Waals surface area (Å²) in [5.41, 5.74) is 6.21. The largest absolute Gasteiger partial charge is 0.493 e. The second kappa shape index (κ2) is 11.4. The number of esters is 1. The highest BCUT2D eigenvalue weighted by Crippen LogP contribution is 2.43. The van der Waals surface area contributed by atoms with Crippen LogP contribution in [-0.4, -0.2) is 52.0 Å². The van der Waals surface area contributed by atoms with E-state index >= 15 is 0 Å². The summed E-state index contributed by atoms with van der Waals surface area (Å²) in [6.45, 7) is 2.91. The van der Waals surface area contributed by atoms with Crippen LogP contribution in [0.2, 0.25) is 0 Å². The first-order valence-electron chi connectivity index (χ1n) is 14.0. The predicted molar refractivity (Wildman–Crippen MR) is 153 cm³/mol. The number of carbonyl (C=O) groups excluding carboxylic acids is 1. The molecule has 3 aromatic rings. The number of para-hydroxylation sites is 1. The van der Waals surface area contributed by atoms with Gasteiger partial charge in [-0.15, -0.1) is 0 Å². The van der Waals surface area contributed by atoms with Crippen molar-refractivity contribution in [3.05, 3.63) is 76.9 Å². The summed E-state index contributed by atoms with van der Waals surface area (Å²) in [7, 11) is -1.56. The molecule has 1 fully saturated rings. The van der Waals surface area contributed by atoms with Gasteiger partial charge in [0.05, 0.1) is 44.2 Å². The first kappa shape index (κ1) is 27.6. The number of sulfone groups is 1. The van der Waals surface area contributed by atoms with Gasteiger partial charge in [-0.2, -0.15) is 0 Å². The summed E-state index contributed by atoms with van der Waals surface area (Å²) in [6.07, 6.45) is 1.24. The molecule has 41 heavy (non-hydrogen) atoms. The molecule has 3 aliphatic heterocycles. The first-order valence-corrected chi connectivity index (χ1v) is 15.8. The number of carbonyl (C=O) groups is 1. The molecule has 0 aliphatic carbocycles. The van der Waals surface area contributed by atoms with Crippen LogP contribution in [0.15, 0.2) is 54.6 Å². The van der Waals surface area contributed by atoms with Crippen molar-refractivity contribution < 1.29 is 36.9 Å². The maximum absolute atomic E-state index is 12.1. The topological polar surface area (TPSA) is 97.4 Å². The molecule has 8 nitrogen and oxygen atoms in total. The summed E-state index contributed by atoms with van der Waals surface area (Å²) < 4.78 is 53.3. The minimum atomic E-state index is -2.94. The Morgan fingerprint density at radius 1 is 1.02 bits per heavy atom. The molecule has 3 aliphatic rings. The standard InChI is InChI=1S/C32H34O8S/c1-20-15-24(39-23-10-13-41(34,35)14-11-23)17-22-9-12-37-28-8-7-21(16-27(28)31(20)22)19-38-32-26(18-30(33)36-2)25-5-3-4-6-29(25)40-32/h3-8,15-17,23,26,32H,9-14,18-19H2,1-2H3/t26-,32-/m0/s1. The molecule has 216 valence electrons. The van der Waals surface area contributed by atoms with Gasteiger partial charge in [0, 0.05) is 17.5 Å². The molecule has 0 radical (unpaired) electrons. The molecule has 0 aromatic heterocycles. The van der Waals surface area contributed by atoms with E-state index in [0.29, 0.717) is 26.1 Å². The smallest absolute Gasteiger partial charge is 0.306 e. The maximum Gasteiger partial charge on any atom is 0.306 e. The van der Waals surface area contributed by atoms with E-state index in [2.05, 4.69) is 19.1 Å². The van der Waals surface area contributed by atoms with Crippen LogP contribution in [-0.2, 0) is 37.1 Å². The van der Waals surface area contributed by atoms with Gasteiger partial charge < -0.3 is 23.7 Å². The quantitative estimate of drug-likeness (QED) is 0.356. The lowest BCUT2D eigenvalue weighted by Gasteiger charge is -2.24. The third kappa shape index (κ3) is 5.92. The van der Waals surface area contributed by atoms with E-state index in [1.165, 1.54) is 7.11 Å². The summed E-state index contributed by atoms with van der Waals surface area (Å²) in [5.74, 6) is 2.09. The van der Waals surface area contributed by atoms with Gasteiger partial charge in [-0.25, -0.2) is 8.42 Å². The SMILES string of the molecule is COC(=O)C[C@H]1c2ccccc2O[C@@H]1OCc1ccc2c(c1)-c1c(C)cc(OC3CCS(=O)(=O)CC3)cc1CCO2. The van der Waals surface area contributed by atoms with Crippen LogP contribution in [0.4, 0.5) is 0 Å². The molecule has 0 bridgehead atoms. The second-order valence-electron chi connectivity index (χ2n) is 10.9. The molecule has 9 heteroatoms. The van der Waals surface area contributed by atoms with Crippen LogP contribution < -0.4 is 14.2 Å². The molecular weight excluding hydrogens is 544 g/mol. The van der Waals surface area contributed by atoms with Gasteiger partial charge in [-0.1, -0.05) is 24.3 Å². The maximum atomic E-state index is 12.1. The van der Waals surface area contributed by atoms with Gasteiger partial charge in [0.15, 0.2) is 9.84 Å². The summed E-state index contributed by atoms with van der Waals surface area (Å²) >= 11 is 0. The molecule has 0 unspecified atom stereocenters. The number of hydrogen-bond donors (Lipinski definition) is 0. The fourth-order valence-electron chi connectivity index (χ4n) is 5.96. The Hall–Kier alpha value is -3.56. The third-order valence-electron chi connectivity index (χ3n) is 8.06. The van der Waals surface area contributed by atoms with E-state index in [-0.39, 0.29) is 35.9 Å². The number of ether oxygens (including phenoxy) is 5. The van der Waals surface area contributed by atoms with Crippen molar-refractivity contribution in [3.8, 4) is 28.4 Å². The molecule has 0 saturated carbocycles. The third-order valence-corrected chi connectivity index (χ3v) is 9.77. The van der Waals surface area contributed by atoms with Crippen LogP contribution in [0, 0.1) is 6.92 Å². The highest BCUT2D eigenvalue weighted by Gasteiger charge is 2.37. The predicted octanol–water partition coefficient (Wildman–Crippen LogP) is 5.13. The molecule has 6 rings (SSSR count). The molecule has 0 spiro atoms. The monoisotopic (exact) mass is 578 g/mol. The number of benzene rings is 3. The van der Waals surface area contributed by atoms with Gasteiger partial charge in [-0.05, 0) is 72.4 Å². The molecule has 2 atom stereocenters. The second-order valence-corrected chi connectivity index (χ2v) is 13.2. The zero-order chi connectivity index (χ0) is 28.6. The normalized spacial score (nSPS) is 20.9. The van der Waals surface area contributed by atoms with Crippen molar-refractivity contribution in [3.63, 3.8) is 0 Å². The molecule has 0 amide bonds. The van der Waals surface area contributed by atoms with Gasteiger partial charge in [0.25, 0.3) is 0 Å². The highest BCUT2D eigenvalue weighted by molar-refractivity contribution is 7.91. The number of rotatable bonds is 7. The lowest BCUT2D eigenvalue weighted by Crippen LogP contribution is -2.30. The van der Waals surface area contributed by atoms with Gasteiger partial charge in [-0.3, -0.25) is 4.79 Å². The number of aryl methyl sites for hydroxylation is 1. The van der Waals surface area contributed by atoms with Crippen LogP contribution in [0.5, 0.6) is 17.2 Å². The van der Waals surface area contributed by atoms with E-state index in [0.717, 1.165) is 57.1 Å². The van der Waals surface area contributed by atoms with Crippen LogP contribution >= 0.6 is 0 Å². The zero-order valence-corrected chi connectivity index (χ0v) is 24.1. The minimum absolute atomic E-state index is 0.0963. The summed E-state index contributed by atoms with van der Waals surface area (Å²) in [6, 6.07) is 17.8. The molecule has 1 saturated heterocycles. The van der Waals surface area contributed by atoms with Crippen LogP contribution in [0.3, 0.4) is 0 Å². The van der Waals surface area contributed by atoms with Crippen molar-refractivity contribution in [1.29, 1.82) is 0 Å². The molecule has 3 aromatic carbocycles. The molecule has 0 N–H and O–H groups in total. The Balaban J connectivity index is 1.21. The highest BCUT2D eigenvalue weighted by atomic mass is 32.2. The van der Waals surface area contributed by atoms with Crippen molar-refractivity contribution in [2.24, 2.45) is 0 Å². The van der Waals surface area contributed by atoms with E-state index in [4.69, 9.17) is 23.7 Å². The Bertz CT molecular complexity index is 1550. The van der Waals surface area contributed by atoms with E-state index in [1.807, 2.05) is 42.5 Å². The Labute approximate surface area is 240 Å². The lowest BCUT2D eigenvalue weighted by molar-refractivity contribution is -0.145. The van der Waals surface area contributed by atoms with Crippen LogP contribution in [0.25, 0.3) is 11.1 Å². The van der Waals surface area contributed by atoms with E-state index in [1.54, 1.807) is 0 Å². The van der Waals surface area contributed by atoms with Crippen molar-refractivity contribution in [2.45, 2.75) is 57.5 Å². The number of methoxy groups -OCH3 is 1. The molecule has 3 heterocycles. The Morgan fingerprint density at radius 2 is 1.83 bits per heavy atom. The van der Waals surface area contributed by atoms with Crippen molar-refractivity contribution >= 4 is 15.8 Å². The van der Waals surface area contributed by atoms with E-state index < -0.39 is 16.1 Å². The average Bonchev–Trinajstić information content (AvgIpc) is 3.18. The Morgan fingerprint density at radius 3 is 2.63 bits per heavy atom. The van der Waals surface area contributed by atoms with Crippen LogP contribution in [0.1, 0.15) is 47.4 Å². The lowest BCUT2D eigenvalue weighted by atomic mass is 9.92. The zero-order valence-electron chi connectivity index (χ0n) is 23.3. The van der Waals surface area contributed by atoms with E-state index in [9.17, 15) is 13.2 Å². The fraction of sp³-hybridized carbons (Fsp3) is 0.406. The first-order chi connectivity index (χ1) is 19.8. The van der Waals surface area contributed by atoms with Gasteiger partial charge in [0.1, 0.15) is 23.4 Å². The fourth-order valence-corrected chi connectivity index (χ4v) is 7.41. The number of hydrogen-bond acceptors (Lipinski definition) is 8. The Kier molecular flexibility index (Phi) is 7.66. The van der Waals surface area contributed by atoms with Crippen molar-refractivity contribution in [2.75, 3.05) is 25.2 Å². The summed E-state index contributed by atoms with van der Waals surface area (Å²) in [4.78, 5) is 12.1. The average molecular weight is 579 g/mol. The number of fused-ring (bicyclic) bond motifs is 4. The minimum Gasteiger partial charge on any atom is -0.493 e. The molecular formula is C32H34O8S. The summed E-state index contributed by atoms with van der Waals surface area (Å²) in [5, 5.41) is 0. The van der Waals surface area contributed by atoms with Crippen molar-refractivity contribution in [1.82, 2.24) is 0 Å². The van der Waals surface area contributed by atoms with Gasteiger partial charge in [0.2, 0.25) is 6.29 Å². The van der Waals surface area contributed by atoms with Gasteiger partial charge >= 0.3 is 5.97 Å².